The van der Waals surface area contributed by atoms with Crippen LogP contribution < -0.4 is 5.32 Å². The molecule has 0 radical (unpaired) electrons. The molecule has 0 fully saturated rings. The molecule has 1 aromatic carbocycles. The fraction of sp³-hybridized carbons (Fsp3) is 0.250. The van der Waals surface area contributed by atoms with Gasteiger partial charge in [0.1, 0.15) is 0 Å². The first-order valence-electron chi connectivity index (χ1n) is 7.47. The van der Waals surface area contributed by atoms with E-state index in [2.05, 4.69) is 20.7 Å². The Hall–Kier alpha value is -2.96. The minimum atomic E-state index is -0.127. The SMILES string of the molecule is CCn1cc(C(=O)N[C@H](C)c2ccc(-n3ccnn3)cc2)cn1. The maximum atomic E-state index is 12.2. The average Bonchev–Trinajstić information content (AvgIpc) is 3.26. The molecular formula is C16H18N6O. The molecule has 118 valence electrons. The van der Waals surface area contributed by atoms with E-state index < -0.39 is 0 Å². The molecule has 23 heavy (non-hydrogen) atoms. The summed E-state index contributed by atoms with van der Waals surface area (Å²) in [6, 6.07) is 7.73. The number of rotatable bonds is 5. The lowest BCUT2D eigenvalue weighted by molar-refractivity contribution is 0.0940. The van der Waals surface area contributed by atoms with Crippen molar-refractivity contribution in [3.63, 3.8) is 0 Å². The van der Waals surface area contributed by atoms with Gasteiger partial charge in [0.25, 0.3) is 5.91 Å². The normalized spacial score (nSPS) is 12.1. The summed E-state index contributed by atoms with van der Waals surface area (Å²) >= 11 is 0. The second-order valence-electron chi connectivity index (χ2n) is 5.22. The lowest BCUT2D eigenvalue weighted by Crippen LogP contribution is -2.26. The molecule has 1 atom stereocenters. The zero-order chi connectivity index (χ0) is 16.2. The maximum Gasteiger partial charge on any atom is 0.254 e. The number of nitrogens with zero attached hydrogens (tertiary/aromatic N) is 5. The molecule has 2 heterocycles. The van der Waals surface area contributed by atoms with Gasteiger partial charge in [-0.2, -0.15) is 5.10 Å². The molecule has 0 aliphatic rings. The average molecular weight is 310 g/mol. The van der Waals surface area contributed by atoms with Crippen molar-refractivity contribution in [1.82, 2.24) is 30.1 Å². The number of carbonyl (C=O) groups excluding carboxylic acids is 1. The number of carbonyl (C=O) groups is 1. The Bertz CT molecular complexity index is 775. The summed E-state index contributed by atoms with van der Waals surface area (Å²) in [5, 5.41) is 14.8. The zero-order valence-electron chi connectivity index (χ0n) is 13.0. The molecular weight excluding hydrogens is 292 g/mol. The number of benzene rings is 1. The highest BCUT2D eigenvalue weighted by Crippen LogP contribution is 2.15. The van der Waals surface area contributed by atoms with Gasteiger partial charge in [-0.25, -0.2) is 4.68 Å². The van der Waals surface area contributed by atoms with Crippen LogP contribution in [-0.2, 0) is 6.54 Å². The van der Waals surface area contributed by atoms with E-state index in [9.17, 15) is 4.79 Å². The lowest BCUT2D eigenvalue weighted by Gasteiger charge is -2.14. The van der Waals surface area contributed by atoms with Crippen LogP contribution in [0.2, 0.25) is 0 Å². The van der Waals surface area contributed by atoms with E-state index in [-0.39, 0.29) is 11.9 Å². The second kappa shape index (κ2) is 6.43. The molecule has 0 aliphatic heterocycles. The van der Waals surface area contributed by atoms with E-state index >= 15 is 0 Å². The number of amides is 1. The third-order valence-electron chi connectivity index (χ3n) is 3.65. The molecule has 0 unspecified atom stereocenters. The van der Waals surface area contributed by atoms with Crippen molar-refractivity contribution >= 4 is 5.91 Å². The summed E-state index contributed by atoms with van der Waals surface area (Å²) in [7, 11) is 0. The Kier molecular flexibility index (Phi) is 4.18. The topological polar surface area (TPSA) is 77.6 Å². The highest BCUT2D eigenvalue weighted by Gasteiger charge is 2.13. The molecule has 2 aromatic heterocycles. The van der Waals surface area contributed by atoms with Crippen LogP contribution in [-0.4, -0.2) is 30.7 Å². The summed E-state index contributed by atoms with van der Waals surface area (Å²) in [5.74, 6) is -0.127. The fourth-order valence-corrected chi connectivity index (χ4v) is 2.28. The standard InChI is InChI=1S/C16H18N6O/c1-3-21-11-14(10-18-21)16(23)19-12(2)13-4-6-15(7-5-13)22-9-8-17-20-22/h4-12H,3H2,1-2H3,(H,19,23)/t12-/m1/s1. The predicted octanol–water partition coefficient (Wildman–Crippen LogP) is 1.97. The number of aromatic nitrogens is 5. The Labute approximate surface area is 133 Å². The third-order valence-corrected chi connectivity index (χ3v) is 3.65. The minimum Gasteiger partial charge on any atom is -0.345 e. The Balaban J connectivity index is 1.68. The van der Waals surface area contributed by atoms with Crippen molar-refractivity contribution in [2.75, 3.05) is 0 Å². The van der Waals surface area contributed by atoms with Gasteiger partial charge in [-0.15, -0.1) is 5.10 Å². The molecule has 7 nitrogen and oxygen atoms in total. The number of hydrogen-bond acceptors (Lipinski definition) is 4. The van der Waals surface area contributed by atoms with E-state index in [0.717, 1.165) is 17.8 Å². The van der Waals surface area contributed by atoms with Crippen LogP contribution in [0.15, 0.2) is 49.1 Å². The van der Waals surface area contributed by atoms with E-state index in [1.807, 2.05) is 38.1 Å². The summed E-state index contributed by atoms with van der Waals surface area (Å²) in [4.78, 5) is 12.2. The van der Waals surface area contributed by atoms with Crippen LogP contribution in [0.25, 0.3) is 5.69 Å². The summed E-state index contributed by atoms with van der Waals surface area (Å²) in [5.41, 5.74) is 2.51. The van der Waals surface area contributed by atoms with E-state index in [4.69, 9.17) is 0 Å². The van der Waals surface area contributed by atoms with Crippen LogP contribution in [0.4, 0.5) is 0 Å². The quantitative estimate of drug-likeness (QED) is 0.781. The first-order chi connectivity index (χ1) is 11.2. The van der Waals surface area contributed by atoms with Gasteiger partial charge in [0.05, 0.1) is 35.9 Å². The van der Waals surface area contributed by atoms with Gasteiger partial charge in [0, 0.05) is 12.7 Å². The molecule has 7 heteroatoms. The van der Waals surface area contributed by atoms with Gasteiger partial charge in [-0.3, -0.25) is 9.48 Å². The number of nitrogens with one attached hydrogen (secondary N) is 1. The molecule has 3 rings (SSSR count). The zero-order valence-corrected chi connectivity index (χ0v) is 13.0. The van der Waals surface area contributed by atoms with E-state index in [1.165, 1.54) is 0 Å². The highest BCUT2D eigenvalue weighted by atomic mass is 16.1. The van der Waals surface area contributed by atoms with E-state index in [1.54, 1.807) is 34.2 Å². The van der Waals surface area contributed by atoms with Gasteiger partial charge < -0.3 is 5.32 Å². The minimum absolute atomic E-state index is 0.0997. The van der Waals surface area contributed by atoms with Gasteiger partial charge in [-0.1, -0.05) is 17.3 Å². The molecule has 0 saturated carbocycles. The van der Waals surface area contributed by atoms with Crippen LogP contribution >= 0.6 is 0 Å². The molecule has 0 saturated heterocycles. The predicted molar refractivity (Wildman–Crippen MR) is 85.1 cm³/mol. The molecule has 0 bridgehead atoms. The monoisotopic (exact) mass is 310 g/mol. The van der Waals surface area contributed by atoms with Crippen LogP contribution in [0.1, 0.15) is 35.8 Å². The van der Waals surface area contributed by atoms with Crippen molar-refractivity contribution in [2.24, 2.45) is 0 Å². The summed E-state index contributed by atoms with van der Waals surface area (Å²) in [6.07, 6.45) is 6.74. The van der Waals surface area contributed by atoms with Crippen LogP contribution in [0, 0.1) is 0 Å². The first-order valence-corrected chi connectivity index (χ1v) is 7.47. The van der Waals surface area contributed by atoms with Crippen molar-refractivity contribution in [3.8, 4) is 5.69 Å². The molecule has 1 amide bonds. The molecule has 3 aromatic rings. The Morgan fingerprint density at radius 3 is 2.70 bits per heavy atom. The number of hydrogen-bond donors (Lipinski definition) is 1. The Morgan fingerprint density at radius 1 is 1.30 bits per heavy atom. The van der Waals surface area contributed by atoms with E-state index in [0.29, 0.717) is 5.56 Å². The van der Waals surface area contributed by atoms with Crippen LogP contribution in [0.5, 0.6) is 0 Å². The van der Waals surface area contributed by atoms with Crippen molar-refractivity contribution in [3.05, 3.63) is 60.2 Å². The Morgan fingerprint density at radius 2 is 2.09 bits per heavy atom. The summed E-state index contributed by atoms with van der Waals surface area (Å²) < 4.78 is 3.42. The van der Waals surface area contributed by atoms with Crippen LogP contribution in [0.3, 0.4) is 0 Å². The van der Waals surface area contributed by atoms with Gasteiger partial charge in [-0.05, 0) is 31.5 Å². The van der Waals surface area contributed by atoms with Gasteiger partial charge in [0.15, 0.2) is 0 Å². The lowest BCUT2D eigenvalue weighted by atomic mass is 10.1. The van der Waals surface area contributed by atoms with Crippen molar-refractivity contribution < 1.29 is 4.79 Å². The maximum absolute atomic E-state index is 12.2. The number of aryl methyl sites for hydroxylation is 1. The molecule has 0 aliphatic carbocycles. The third kappa shape index (κ3) is 3.28. The fourth-order valence-electron chi connectivity index (χ4n) is 2.28. The van der Waals surface area contributed by atoms with Gasteiger partial charge >= 0.3 is 0 Å². The smallest absolute Gasteiger partial charge is 0.254 e. The molecule has 0 spiro atoms. The van der Waals surface area contributed by atoms with Crippen molar-refractivity contribution in [1.29, 1.82) is 0 Å². The second-order valence-corrected chi connectivity index (χ2v) is 5.22. The summed E-state index contributed by atoms with van der Waals surface area (Å²) in [6.45, 7) is 4.67. The first kappa shape index (κ1) is 15.0. The van der Waals surface area contributed by atoms with Gasteiger partial charge in [0.2, 0.25) is 0 Å². The highest BCUT2D eigenvalue weighted by molar-refractivity contribution is 5.93. The van der Waals surface area contributed by atoms with Crippen molar-refractivity contribution in [2.45, 2.75) is 26.4 Å². The largest absolute Gasteiger partial charge is 0.345 e. The molecule has 1 N–H and O–H groups in total.